The molecule has 5 nitrogen and oxygen atoms in total. The van der Waals surface area contributed by atoms with Crippen LogP contribution in [0.15, 0.2) is 54.9 Å². The van der Waals surface area contributed by atoms with E-state index in [2.05, 4.69) is 4.98 Å². The van der Waals surface area contributed by atoms with Crippen LogP contribution in [0.4, 0.5) is 4.39 Å². The monoisotopic (exact) mass is 370 g/mol. The Morgan fingerprint density at radius 3 is 2.59 bits per heavy atom. The molecule has 2 N–H and O–H groups in total. The van der Waals surface area contributed by atoms with Crippen LogP contribution in [0.2, 0.25) is 0 Å². The molecule has 0 bridgehead atoms. The molecule has 0 amide bonds. The van der Waals surface area contributed by atoms with Crippen molar-refractivity contribution in [1.29, 1.82) is 0 Å². The summed E-state index contributed by atoms with van der Waals surface area (Å²) in [5.74, 6) is 0.977. The molecule has 0 saturated heterocycles. The lowest BCUT2D eigenvalue weighted by atomic mass is 10.1. The molecule has 0 aliphatic carbocycles. The predicted octanol–water partition coefficient (Wildman–Crippen LogP) is 3.55. The number of nitrogens with zero attached hydrogens (tertiary/aromatic N) is 2. The zero-order chi connectivity index (χ0) is 19.2. The number of rotatable bonds is 8. The van der Waals surface area contributed by atoms with E-state index in [1.165, 1.54) is 12.1 Å². The molecule has 0 fully saturated rings. The zero-order valence-corrected chi connectivity index (χ0v) is 15.2. The van der Waals surface area contributed by atoms with Gasteiger partial charge in [0.15, 0.2) is 0 Å². The van der Waals surface area contributed by atoms with E-state index >= 15 is 0 Å². The number of hydrogen-bond donors (Lipinski definition) is 2. The van der Waals surface area contributed by atoms with Crippen molar-refractivity contribution >= 4 is 0 Å². The van der Waals surface area contributed by atoms with Crippen molar-refractivity contribution in [3.63, 3.8) is 0 Å². The molecule has 3 aromatic rings. The molecule has 0 aliphatic heterocycles. The van der Waals surface area contributed by atoms with Gasteiger partial charge in [0.1, 0.15) is 17.4 Å². The molecule has 27 heavy (non-hydrogen) atoms. The average molecular weight is 370 g/mol. The standard InChI is InChI=1S/C21H23FN2O3/c1-2-11-27-20-8-5-16(12-17(20)13-25)21-23-9-10-24(21)19(14-26)15-3-6-18(22)7-4-15/h3-10,12,19,25-26H,2,11,13-14H2,1H3. The van der Waals surface area contributed by atoms with Crippen molar-refractivity contribution < 1.29 is 19.3 Å². The average Bonchev–Trinajstić information content (AvgIpc) is 3.17. The molecular weight excluding hydrogens is 347 g/mol. The molecule has 1 heterocycles. The minimum Gasteiger partial charge on any atom is -0.493 e. The minimum absolute atomic E-state index is 0.144. The van der Waals surface area contributed by atoms with Gasteiger partial charge >= 0.3 is 0 Å². The van der Waals surface area contributed by atoms with Gasteiger partial charge in [0.05, 0.1) is 25.9 Å². The number of benzene rings is 2. The topological polar surface area (TPSA) is 67.5 Å². The molecule has 0 spiro atoms. The highest BCUT2D eigenvalue weighted by atomic mass is 19.1. The van der Waals surface area contributed by atoms with E-state index in [0.29, 0.717) is 23.7 Å². The van der Waals surface area contributed by atoms with Gasteiger partial charge in [0.2, 0.25) is 0 Å². The van der Waals surface area contributed by atoms with Gasteiger partial charge in [-0.1, -0.05) is 19.1 Å². The second-order valence-electron chi connectivity index (χ2n) is 6.24. The Hall–Kier alpha value is -2.70. The van der Waals surface area contributed by atoms with Crippen LogP contribution in [0, 0.1) is 5.82 Å². The number of imidazole rings is 1. The second kappa shape index (κ2) is 8.79. The van der Waals surface area contributed by atoms with Gasteiger partial charge in [-0.05, 0) is 42.3 Å². The van der Waals surface area contributed by atoms with Crippen molar-refractivity contribution in [2.24, 2.45) is 0 Å². The summed E-state index contributed by atoms with van der Waals surface area (Å²) in [5, 5.41) is 19.6. The minimum atomic E-state index is -0.392. The van der Waals surface area contributed by atoms with Crippen LogP contribution in [0.3, 0.4) is 0 Å². The quantitative estimate of drug-likeness (QED) is 0.636. The first kappa shape index (κ1) is 19.1. The maximum atomic E-state index is 13.2. The van der Waals surface area contributed by atoms with Crippen LogP contribution in [-0.4, -0.2) is 33.0 Å². The van der Waals surface area contributed by atoms with E-state index in [9.17, 15) is 14.6 Å². The van der Waals surface area contributed by atoms with Crippen molar-refractivity contribution in [3.05, 3.63) is 71.8 Å². The van der Waals surface area contributed by atoms with Crippen LogP contribution in [0.1, 0.15) is 30.5 Å². The molecule has 142 valence electrons. The fraction of sp³-hybridized carbons (Fsp3) is 0.286. The Morgan fingerprint density at radius 1 is 1.15 bits per heavy atom. The number of ether oxygens (including phenoxy) is 1. The number of aliphatic hydroxyl groups excluding tert-OH is 2. The SMILES string of the molecule is CCCOc1ccc(-c2nccn2C(CO)c2ccc(F)cc2)cc1CO. The summed E-state index contributed by atoms with van der Waals surface area (Å²) >= 11 is 0. The van der Waals surface area contributed by atoms with E-state index < -0.39 is 6.04 Å². The van der Waals surface area contributed by atoms with Gasteiger partial charge in [-0.15, -0.1) is 0 Å². The molecule has 1 atom stereocenters. The van der Waals surface area contributed by atoms with Crippen LogP contribution in [-0.2, 0) is 6.61 Å². The van der Waals surface area contributed by atoms with E-state index in [1.807, 2.05) is 29.7 Å². The fourth-order valence-corrected chi connectivity index (χ4v) is 3.02. The lowest BCUT2D eigenvalue weighted by molar-refractivity contribution is 0.250. The Morgan fingerprint density at radius 2 is 1.93 bits per heavy atom. The summed E-state index contributed by atoms with van der Waals surface area (Å²) in [6, 6.07) is 11.2. The van der Waals surface area contributed by atoms with Gasteiger partial charge in [-0.2, -0.15) is 0 Å². The highest BCUT2D eigenvalue weighted by Gasteiger charge is 2.18. The van der Waals surface area contributed by atoms with Gasteiger partial charge in [-0.3, -0.25) is 0 Å². The van der Waals surface area contributed by atoms with Gasteiger partial charge < -0.3 is 19.5 Å². The van der Waals surface area contributed by atoms with Crippen LogP contribution in [0.5, 0.6) is 5.75 Å². The number of aliphatic hydroxyl groups is 2. The first-order valence-electron chi connectivity index (χ1n) is 8.94. The number of aromatic nitrogens is 2. The summed E-state index contributed by atoms with van der Waals surface area (Å²) in [4.78, 5) is 4.42. The van der Waals surface area contributed by atoms with Crippen LogP contribution < -0.4 is 4.74 Å². The van der Waals surface area contributed by atoms with Crippen molar-refractivity contribution in [2.45, 2.75) is 26.0 Å². The third kappa shape index (κ3) is 4.18. The highest BCUT2D eigenvalue weighted by Crippen LogP contribution is 2.29. The summed E-state index contributed by atoms with van der Waals surface area (Å²) < 4.78 is 20.7. The lowest BCUT2D eigenvalue weighted by Gasteiger charge is -2.20. The van der Waals surface area contributed by atoms with E-state index in [0.717, 1.165) is 17.5 Å². The molecular formula is C21H23FN2O3. The Kier molecular flexibility index (Phi) is 6.21. The van der Waals surface area contributed by atoms with E-state index in [1.54, 1.807) is 24.5 Å². The maximum Gasteiger partial charge on any atom is 0.140 e. The van der Waals surface area contributed by atoms with Crippen molar-refractivity contribution in [2.75, 3.05) is 13.2 Å². The second-order valence-corrected chi connectivity index (χ2v) is 6.24. The van der Waals surface area contributed by atoms with Crippen LogP contribution >= 0.6 is 0 Å². The first-order chi connectivity index (χ1) is 13.2. The maximum absolute atomic E-state index is 13.2. The number of halogens is 1. The van der Waals surface area contributed by atoms with Crippen molar-refractivity contribution in [1.82, 2.24) is 9.55 Å². The molecule has 1 unspecified atom stereocenters. The lowest BCUT2D eigenvalue weighted by Crippen LogP contribution is -2.15. The summed E-state index contributed by atoms with van der Waals surface area (Å²) in [6.07, 6.45) is 4.31. The predicted molar refractivity (Wildman–Crippen MR) is 101 cm³/mol. The highest BCUT2D eigenvalue weighted by molar-refractivity contribution is 5.60. The molecule has 0 aliphatic rings. The zero-order valence-electron chi connectivity index (χ0n) is 15.2. The largest absolute Gasteiger partial charge is 0.493 e. The molecule has 2 aromatic carbocycles. The van der Waals surface area contributed by atoms with Gasteiger partial charge in [-0.25, -0.2) is 9.37 Å². The Labute approximate surface area is 157 Å². The first-order valence-corrected chi connectivity index (χ1v) is 8.94. The summed E-state index contributed by atoms with van der Waals surface area (Å²) in [7, 11) is 0. The molecule has 3 rings (SSSR count). The third-order valence-electron chi connectivity index (χ3n) is 4.38. The normalized spacial score (nSPS) is 12.1. The smallest absolute Gasteiger partial charge is 0.140 e. The fourth-order valence-electron chi connectivity index (χ4n) is 3.02. The van der Waals surface area contributed by atoms with Gasteiger partial charge in [0.25, 0.3) is 0 Å². The summed E-state index contributed by atoms with van der Waals surface area (Å²) in [5.41, 5.74) is 2.26. The van der Waals surface area contributed by atoms with E-state index in [4.69, 9.17) is 4.74 Å². The third-order valence-corrected chi connectivity index (χ3v) is 4.38. The molecule has 0 saturated carbocycles. The van der Waals surface area contributed by atoms with E-state index in [-0.39, 0.29) is 19.0 Å². The Bertz CT molecular complexity index is 877. The molecule has 1 aromatic heterocycles. The van der Waals surface area contributed by atoms with Crippen LogP contribution in [0.25, 0.3) is 11.4 Å². The Balaban J connectivity index is 1.97. The van der Waals surface area contributed by atoms with Crippen molar-refractivity contribution in [3.8, 4) is 17.1 Å². The van der Waals surface area contributed by atoms with Gasteiger partial charge in [0, 0.05) is 23.5 Å². The molecule has 6 heteroatoms. The molecule has 0 radical (unpaired) electrons. The number of hydrogen-bond acceptors (Lipinski definition) is 4. The summed E-state index contributed by atoms with van der Waals surface area (Å²) in [6.45, 7) is 2.31.